The van der Waals surface area contributed by atoms with Crippen molar-refractivity contribution in [3.63, 3.8) is 0 Å². The lowest BCUT2D eigenvalue weighted by Crippen LogP contribution is -2.32. The van der Waals surface area contributed by atoms with Gasteiger partial charge in [-0.25, -0.2) is 4.79 Å². The third kappa shape index (κ3) is 2.29. The number of fused-ring (bicyclic) bond motifs is 2. The van der Waals surface area contributed by atoms with E-state index in [1.165, 1.54) is 0 Å². The van der Waals surface area contributed by atoms with Crippen LogP contribution in [0.2, 0.25) is 0 Å². The highest BCUT2D eigenvalue weighted by Gasteiger charge is 2.25. The minimum absolute atomic E-state index is 0.448. The Morgan fingerprint density at radius 3 is 2.86 bits per heavy atom. The number of carbonyl (C=O) groups is 1. The molecule has 1 N–H and O–H groups in total. The maximum Gasteiger partial charge on any atom is 0.336 e. The minimum Gasteiger partial charge on any atom is -0.478 e. The molecule has 0 amide bonds. The van der Waals surface area contributed by atoms with Gasteiger partial charge in [0.05, 0.1) is 11.1 Å². The topological polar surface area (TPSA) is 53.4 Å². The number of hydrogen-bond acceptors (Lipinski definition) is 3. The van der Waals surface area contributed by atoms with E-state index >= 15 is 0 Å². The number of carboxylic acid groups (broad SMARTS) is 1. The van der Waals surface area contributed by atoms with Gasteiger partial charge in [-0.1, -0.05) is 32.0 Å². The fourth-order valence-corrected chi connectivity index (χ4v) is 3.18. The van der Waals surface area contributed by atoms with Crippen LogP contribution in [0, 0.1) is 0 Å². The van der Waals surface area contributed by atoms with Gasteiger partial charge in [0.15, 0.2) is 0 Å². The smallest absolute Gasteiger partial charge is 0.336 e. The predicted molar refractivity (Wildman–Crippen MR) is 82.7 cm³/mol. The number of para-hydroxylation sites is 1. The molecule has 110 valence electrons. The van der Waals surface area contributed by atoms with Crippen LogP contribution in [-0.4, -0.2) is 34.0 Å². The largest absolute Gasteiger partial charge is 0.478 e. The first-order valence-electron chi connectivity index (χ1n) is 7.54. The van der Waals surface area contributed by atoms with Crippen molar-refractivity contribution < 1.29 is 9.90 Å². The molecule has 0 radical (unpaired) electrons. The van der Waals surface area contributed by atoms with Crippen LogP contribution in [0.5, 0.6) is 0 Å². The zero-order chi connectivity index (χ0) is 15.0. The number of aromatic carboxylic acids is 1. The Kier molecular flexibility index (Phi) is 3.64. The highest BCUT2D eigenvalue weighted by Crippen LogP contribution is 2.29. The molecule has 0 fully saturated rings. The van der Waals surface area contributed by atoms with Crippen LogP contribution in [0.1, 0.15) is 41.0 Å². The molecule has 0 aliphatic carbocycles. The summed E-state index contributed by atoms with van der Waals surface area (Å²) >= 11 is 0. The summed E-state index contributed by atoms with van der Waals surface area (Å²) < 4.78 is 0. The third-order valence-corrected chi connectivity index (χ3v) is 4.37. The first-order valence-corrected chi connectivity index (χ1v) is 7.54. The molecular formula is C17H20N2O2. The van der Waals surface area contributed by atoms with Crippen LogP contribution < -0.4 is 0 Å². The molecule has 1 aliphatic heterocycles. The number of pyridine rings is 1. The van der Waals surface area contributed by atoms with Gasteiger partial charge in [0.1, 0.15) is 0 Å². The van der Waals surface area contributed by atoms with Gasteiger partial charge in [0, 0.05) is 36.2 Å². The minimum atomic E-state index is -0.843. The zero-order valence-corrected chi connectivity index (χ0v) is 12.5. The van der Waals surface area contributed by atoms with Crippen molar-refractivity contribution in [2.45, 2.75) is 33.2 Å². The lowest BCUT2D eigenvalue weighted by Gasteiger charge is -2.28. The van der Waals surface area contributed by atoms with Crippen LogP contribution >= 0.6 is 0 Å². The normalized spacial score (nSPS) is 15.1. The highest BCUT2D eigenvalue weighted by molar-refractivity contribution is 6.05. The van der Waals surface area contributed by atoms with E-state index in [0.29, 0.717) is 12.1 Å². The SMILES string of the molecule is CCc1cccc2c(C(=O)O)c3c(nc12)CCN(CC)C3. The summed E-state index contributed by atoms with van der Waals surface area (Å²) in [6, 6.07) is 5.85. The number of likely N-dealkylation sites (N-methyl/N-ethyl adjacent to an activating group) is 1. The molecule has 0 saturated heterocycles. The van der Waals surface area contributed by atoms with Crippen molar-refractivity contribution in [3.8, 4) is 0 Å². The molecule has 2 heterocycles. The molecule has 2 aromatic rings. The Bertz CT molecular complexity index is 709. The summed E-state index contributed by atoms with van der Waals surface area (Å²) in [5, 5.41) is 10.5. The van der Waals surface area contributed by atoms with E-state index in [0.717, 1.165) is 53.7 Å². The van der Waals surface area contributed by atoms with E-state index in [2.05, 4.69) is 18.7 Å². The highest BCUT2D eigenvalue weighted by atomic mass is 16.4. The number of hydrogen-bond donors (Lipinski definition) is 1. The van der Waals surface area contributed by atoms with Crippen LogP contribution in [-0.2, 0) is 19.4 Å². The summed E-state index contributed by atoms with van der Waals surface area (Å²) in [5.41, 5.74) is 4.29. The number of carboxylic acids is 1. The standard InChI is InChI=1S/C17H20N2O2/c1-3-11-6-5-7-12-15(17(20)21)13-10-19(4-2)9-8-14(13)18-16(11)12/h5-7H,3-4,8-10H2,1-2H3,(H,20,21). The van der Waals surface area contributed by atoms with Crippen LogP contribution in [0.25, 0.3) is 10.9 Å². The average molecular weight is 284 g/mol. The van der Waals surface area contributed by atoms with E-state index in [-0.39, 0.29) is 0 Å². The molecule has 0 atom stereocenters. The van der Waals surface area contributed by atoms with Crippen molar-refractivity contribution in [3.05, 3.63) is 40.6 Å². The fraction of sp³-hybridized carbons (Fsp3) is 0.412. The monoisotopic (exact) mass is 284 g/mol. The number of nitrogens with zero attached hydrogens (tertiary/aromatic N) is 2. The molecule has 21 heavy (non-hydrogen) atoms. The van der Waals surface area contributed by atoms with Crippen molar-refractivity contribution in [2.75, 3.05) is 13.1 Å². The molecule has 3 rings (SSSR count). The van der Waals surface area contributed by atoms with Gasteiger partial charge in [-0.2, -0.15) is 0 Å². The Morgan fingerprint density at radius 2 is 2.19 bits per heavy atom. The van der Waals surface area contributed by atoms with Gasteiger partial charge in [-0.3, -0.25) is 9.88 Å². The zero-order valence-electron chi connectivity index (χ0n) is 12.5. The maximum absolute atomic E-state index is 11.8. The quantitative estimate of drug-likeness (QED) is 0.941. The van der Waals surface area contributed by atoms with Gasteiger partial charge in [-0.05, 0) is 18.5 Å². The molecule has 0 unspecified atom stereocenters. The maximum atomic E-state index is 11.8. The number of aromatic nitrogens is 1. The van der Waals surface area contributed by atoms with Gasteiger partial charge in [-0.15, -0.1) is 0 Å². The van der Waals surface area contributed by atoms with Crippen molar-refractivity contribution >= 4 is 16.9 Å². The molecule has 1 aromatic carbocycles. The Balaban J connectivity index is 2.31. The lowest BCUT2D eigenvalue weighted by molar-refractivity contribution is 0.0695. The number of rotatable bonds is 3. The van der Waals surface area contributed by atoms with Crippen molar-refractivity contribution in [1.29, 1.82) is 0 Å². The molecule has 1 aliphatic rings. The predicted octanol–water partition coefficient (Wildman–Crippen LogP) is 2.87. The molecule has 4 nitrogen and oxygen atoms in total. The van der Waals surface area contributed by atoms with Crippen molar-refractivity contribution in [2.24, 2.45) is 0 Å². The summed E-state index contributed by atoms with van der Waals surface area (Å²) in [6.07, 6.45) is 1.70. The van der Waals surface area contributed by atoms with Gasteiger partial charge >= 0.3 is 5.97 Å². The van der Waals surface area contributed by atoms with Gasteiger partial charge < -0.3 is 5.11 Å². The second kappa shape index (κ2) is 5.45. The first kappa shape index (κ1) is 14.0. The molecular weight excluding hydrogens is 264 g/mol. The average Bonchev–Trinajstić information content (AvgIpc) is 2.51. The molecule has 1 aromatic heterocycles. The summed E-state index contributed by atoms with van der Waals surface area (Å²) in [5.74, 6) is -0.843. The third-order valence-electron chi connectivity index (χ3n) is 4.37. The Hall–Kier alpha value is -1.94. The Morgan fingerprint density at radius 1 is 1.38 bits per heavy atom. The van der Waals surface area contributed by atoms with E-state index in [9.17, 15) is 9.90 Å². The second-order valence-electron chi connectivity index (χ2n) is 5.50. The summed E-state index contributed by atoms with van der Waals surface area (Å²) in [4.78, 5) is 18.9. The fourth-order valence-electron chi connectivity index (χ4n) is 3.18. The molecule has 4 heteroatoms. The number of benzene rings is 1. The van der Waals surface area contributed by atoms with Crippen LogP contribution in [0.3, 0.4) is 0 Å². The lowest BCUT2D eigenvalue weighted by atomic mass is 9.94. The van der Waals surface area contributed by atoms with Gasteiger partial charge in [0.25, 0.3) is 0 Å². The Labute approximate surface area is 124 Å². The van der Waals surface area contributed by atoms with E-state index in [4.69, 9.17) is 4.98 Å². The van der Waals surface area contributed by atoms with E-state index in [1.54, 1.807) is 0 Å². The van der Waals surface area contributed by atoms with Crippen LogP contribution in [0.4, 0.5) is 0 Å². The second-order valence-corrected chi connectivity index (χ2v) is 5.50. The first-order chi connectivity index (χ1) is 10.2. The van der Waals surface area contributed by atoms with E-state index in [1.807, 2.05) is 18.2 Å². The van der Waals surface area contributed by atoms with Crippen LogP contribution in [0.15, 0.2) is 18.2 Å². The number of aryl methyl sites for hydroxylation is 1. The summed E-state index contributed by atoms with van der Waals surface area (Å²) in [6.45, 7) is 6.76. The van der Waals surface area contributed by atoms with E-state index < -0.39 is 5.97 Å². The molecule has 0 spiro atoms. The van der Waals surface area contributed by atoms with Gasteiger partial charge in [0.2, 0.25) is 0 Å². The summed E-state index contributed by atoms with van der Waals surface area (Å²) in [7, 11) is 0. The van der Waals surface area contributed by atoms with Crippen molar-refractivity contribution in [1.82, 2.24) is 9.88 Å². The molecule has 0 bridgehead atoms. The molecule has 0 saturated carbocycles.